The zero-order valence-electron chi connectivity index (χ0n) is 10.4. The van der Waals surface area contributed by atoms with Crippen LogP contribution >= 0.6 is 12.4 Å². The SMILES string of the molecule is CCOc1cccc(S(=O)(=O)N[C@@H](C)CN)c1.Cl. The second-order valence-electron chi connectivity index (χ2n) is 3.67. The predicted octanol–water partition coefficient (Wildman–Crippen LogP) is 1.13. The summed E-state index contributed by atoms with van der Waals surface area (Å²) in [5, 5.41) is 0. The molecule has 0 amide bonds. The Morgan fingerprint density at radius 2 is 2.11 bits per heavy atom. The van der Waals surface area contributed by atoms with Gasteiger partial charge in [-0.2, -0.15) is 0 Å². The molecule has 0 unspecified atom stereocenters. The van der Waals surface area contributed by atoms with Crippen molar-refractivity contribution < 1.29 is 13.2 Å². The van der Waals surface area contributed by atoms with E-state index in [0.717, 1.165) is 0 Å². The van der Waals surface area contributed by atoms with Crippen LogP contribution in [0.5, 0.6) is 5.75 Å². The number of hydrogen-bond donors (Lipinski definition) is 2. The molecule has 0 spiro atoms. The summed E-state index contributed by atoms with van der Waals surface area (Å²) in [5.41, 5.74) is 5.38. The average molecular weight is 295 g/mol. The molecule has 1 rings (SSSR count). The molecule has 0 aromatic heterocycles. The van der Waals surface area contributed by atoms with E-state index in [2.05, 4.69) is 4.72 Å². The maximum Gasteiger partial charge on any atom is 0.240 e. The normalized spacial score (nSPS) is 12.6. The van der Waals surface area contributed by atoms with Gasteiger partial charge in [-0.1, -0.05) is 6.07 Å². The van der Waals surface area contributed by atoms with Gasteiger partial charge in [0.05, 0.1) is 11.5 Å². The molecule has 0 radical (unpaired) electrons. The van der Waals surface area contributed by atoms with E-state index < -0.39 is 10.0 Å². The van der Waals surface area contributed by atoms with Crippen LogP contribution in [-0.2, 0) is 10.0 Å². The van der Waals surface area contributed by atoms with E-state index in [1.165, 1.54) is 12.1 Å². The topological polar surface area (TPSA) is 81.4 Å². The highest BCUT2D eigenvalue weighted by Crippen LogP contribution is 2.17. The number of nitrogens with one attached hydrogen (secondary N) is 1. The van der Waals surface area contributed by atoms with Crippen molar-refractivity contribution in [2.45, 2.75) is 24.8 Å². The molecule has 18 heavy (non-hydrogen) atoms. The number of benzene rings is 1. The third-order valence-electron chi connectivity index (χ3n) is 2.14. The van der Waals surface area contributed by atoms with E-state index >= 15 is 0 Å². The Hall–Kier alpha value is -0.820. The molecule has 0 aliphatic rings. The van der Waals surface area contributed by atoms with Crippen molar-refractivity contribution in [3.63, 3.8) is 0 Å². The minimum atomic E-state index is -3.52. The average Bonchev–Trinajstić information content (AvgIpc) is 2.29. The van der Waals surface area contributed by atoms with Gasteiger partial charge < -0.3 is 10.5 Å². The summed E-state index contributed by atoms with van der Waals surface area (Å²) in [4.78, 5) is 0.184. The Kier molecular flexibility index (Phi) is 7.23. The predicted molar refractivity (Wildman–Crippen MR) is 73.7 cm³/mol. The second kappa shape index (κ2) is 7.58. The summed E-state index contributed by atoms with van der Waals surface area (Å²) in [7, 11) is -3.52. The minimum Gasteiger partial charge on any atom is -0.494 e. The first-order valence-corrected chi connectivity index (χ1v) is 6.93. The number of ether oxygens (including phenoxy) is 1. The molecule has 0 heterocycles. The number of sulfonamides is 1. The summed E-state index contributed by atoms with van der Waals surface area (Å²) >= 11 is 0. The van der Waals surface area contributed by atoms with E-state index in [4.69, 9.17) is 10.5 Å². The lowest BCUT2D eigenvalue weighted by Gasteiger charge is -2.12. The molecule has 0 fully saturated rings. The molecule has 7 heteroatoms. The first kappa shape index (κ1) is 17.2. The van der Waals surface area contributed by atoms with Crippen LogP contribution in [0.4, 0.5) is 0 Å². The van der Waals surface area contributed by atoms with E-state index in [1.807, 2.05) is 6.92 Å². The van der Waals surface area contributed by atoms with Crippen molar-refractivity contribution in [1.82, 2.24) is 4.72 Å². The molecule has 0 saturated carbocycles. The fourth-order valence-corrected chi connectivity index (χ4v) is 2.57. The van der Waals surface area contributed by atoms with Gasteiger partial charge in [0, 0.05) is 18.7 Å². The van der Waals surface area contributed by atoms with Gasteiger partial charge in [-0.15, -0.1) is 12.4 Å². The lowest BCUT2D eigenvalue weighted by atomic mass is 10.3. The molecule has 1 aromatic carbocycles. The Balaban J connectivity index is 0.00000289. The molecular formula is C11H19ClN2O3S. The van der Waals surface area contributed by atoms with Crippen molar-refractivity contribution in [2.75, 3.05) is 13.2 Å². The largest absolute Gasteiger partial charge is 0.494 e. The zero-order chi connectivity index (χ0) is 12.9. The molecule has 0 bridgehead atoms. The number of nitrogens with two attached hydrogens (primary N) is 1. The lowest BCUT2D eigenvalue weighted by molar-refractivity contribution is 0.339. The molecular weight excluding hydrogens is 276 g/mol. The fraction of sp³-hybridized carbons (Fsp3) is 0.455. The van der Waals surface area contributed by atoms with Gasteiger partial charge in [-0.3, -0.25) is 0 Å². The molecule has 5 nitrogen and oxygen atoms in total. The Morgan fingerprint density at radius 1 is 1.44 bits per heavy atom. The standard InChI is InChI=1S/C11H18N2O3S.ClH/c1-3-16-10-5-4-6-11(7-10)17(14,15)13-9(2)8-12;/h4-7,9,13H,3,8,12H2,1-2H3;1H/t9-;/m0./s1. The van der Waals surface area contributed by atoms with Gasteiger partial charge in [-0.05, 0) is 26.0 Å². The Bertz CT molecular complexity index is 465. The maximum atomic E-state index is 11.9. The Morgan fingerprint density at radius 3 is 2.67 bits per heavy atom. The highest BCUT2D eigenvalue weighted by Gasteiger charge is 2.16. The molecule has 0 aliphatic carbocycles. The van der Waals surface area contributed by atoms with Crippen LogP contribution in [0.2, 0.25) is 0 Å². The Labute approximate surface area is 114 Å². The third kappa shape index (κ3) is 4.81. The van der Waals surface area contributed by atoms with Gasteiger partial charge in [0.1, 0.15) is 5.75 Å². The minimum absolute atomic E-state index is 0. The van der Waals surface area contributed by atoms with Gasteiger partial charge in [-0.25, -0.2) is 13.1 Å². The van der Waals surface area contributed by atoms with Gasteiger partial charge >= 0.3 is 0 Å². The highest BCUT2D eigenvalue weighted by molar-refractivity contribution is 7.89. The van der Waals surface area contributed by atoms with Gasteiger partial charge in [0.25, 0.3) is 0 Å². The highest BCUT2D eigenvalue weighted by atomic mass is 35.5. The fourth-order valence-electron chi connectivity index (χ4n) is 1.28. The lowest BCUT2D eigenvalue weighted by Crippen LogP contribution is -2.37. The van der Waals surface area contributed by atoms with Crippen LogP contribution in [-0.4, -0.2) is 27.6 Å². The number of halogens is 1. The third-order valence-corrected chi connectivity index (χ3v) is 3.72. The van der Waals surface area contributed by atoms with Crippen LogP contribution < -0.4 is 15.2 Å². The van der Waals surface area contributed by atoms with Crippen molar-refractivity contribution in [3.05, 3.63) is 24.3 Å². The first-order chi connectivity index (χ1) is 7.99. The van der Waals surface area contributed by atoms with Crippen molar-refractivity contribution in [1.29, 1.82) is 0 Å². The zero-order valence-corrected chi connectivity index (χ0v) is 12.1. The summed E-state index contributed by atoms with van der Waals surface area (Å²) in [6.45, 7) is 4.31. The molecule has 0 saturated heterocycles. The van der Waals surface area contributed by atoms with Gasteiger partial charge in [0.2, 0.25) is 10.0 Å². The van der Waals surface area contributed by atoms with Crippen molar-refractivity contribution >= 4 is 22.4 Å². The van der Waals surface area contributed by atoms with E-state index in [-0.39, 0.29) is 29.9 Å². The monoisotopic (exact) mass is 294 g/mol. The van der Waals surface area contributed by atoms with E-state index in [0.29, 0.717) is 12.4 Å². The maximum absolute atomic E-state index is 11.9. The number of hydrogen-bond acceptors (Lipinski definition) is 4. The smallest absolute Gasteiger partial charge is 0.240 e. The number of rotatable bonds is 6. The molecule has 1 aromatic rings. The molecule has 104 valence electrons. The van der Waals surface area contributed by atoms with Crippen molar-refractivity contribution in [3.8, 4) is 5.75 Å². The van der Waals surface area contributed by atoms with E-state index in [9.17, 15) is 8.42 Å². The van der Waals surface area contributed by atoms with Crippen LogP contribution in [0, 0.1) is 0 Å². The molecule has 1 atom stereocenters. The molecule has 0 aliphatic heterocycles. The first-order valence-electron chi connectivity index (χ1n) is 5.45. The van der Waals surface area contributed by atoms with Crippen molar-refractivity contribution in [2.24, 2.45) is 5.73 Å². The summed E-state index contributed by atoms with van der Waals surface area (Å²) < 4.78 is 31.6. The van der Waals surface area contributed by atoms with E-state index in [1.54, 1.807) is 19.1 Å². The second-order valence-corrected chi connectivity index (χ2v) is 5.38. The summed E-state index contributed by atoms with van der Waals surface area (Å²) in [5.74, 6) is 0.538. The quantitative estimate of drug-likeness (QED) is 0.824. The van der Waals surface area contributed by atoms with Crippen LogP contribution in [0.25, 0.3) is 0 Å². The van der Waals surface area contributed by atoms with Crippen LogP contribution in [0.3, 0.4) is 0 Å². The van der Waals surface area contributed by atoms with Crippen LogP contribution in [0.1, 0.15) is 13.8 Å². The summed E-state index contributed by atoms with van der Waals surface area (Å²) in [6, 6.07) is 6.08. The molecule has 3 N–H and O–H groups in total. The van der Waals surface area contributed by atoms with Crippen LogP contribution in [0.15, 0.2) is 29.2 Å². The summed E-state index contributed by atoms with van der Waals surface area (Å²) in [6.07, 6.45) is 0. The van der Waals surface area contributed by atoms with Gasteiger partial charge in [0.15, 0.2) is 0 Å².